The van der Waals surface area contributed by atoms with Crippen LogP contribution in [0.1, 0.15) is 17.8 Å². The molecule has 2 aromatic rings. The highest BCUT2D eigenvalue weighted by molar-refractivity contribution is 7.16. The Morgan fingerprint density at radius 3 is 2.67 bits per heavy atom. The number of anilines is 1. The summed E-state index contributed by atoms with van der Waals surface area (Å²) in [5.41, 5.74) is 0. The van der Waals surface area contributed by atoms with E-state index in [4.69, 9.17) is 23.2 Å². The van der Waals surface area contributed by atoms with Crippen LogP contribution in [-0.2, 0) is 0 Å². The van der Waals surface area contributed by atoms with Crippen LogP contribution in [0.2, 0.25) is 9.49 Å². The summed E-state index contributed by atoms with van der Waals surface area (Å²) in [6, 6.07) is 3.99. The molecule has 0 aliphatic heterocycles. The monoisotopic (exact) mass is 279 g/mol. The van der Waals surface area contributed by atoms with E-state index in [2.05, 4.69) is 14.1 Å². The van der Waals surface area contributed by atoms with Gasteiger partial charge in [-0.1, -0.05) is 23.2 Å². The van der Waals surface area contributed by atoms with Gasteiger partial charge in [0.2, 0.25) is 0 Å². The van der Waals surface area contributed by atoms with Crippen LogP contribution in [0.25, 0.3) is 0 Å². The highest BCUT2D eigenvalue weighted by atomic mass is 35.5. The molecule has 15 heavy (non-hydrogen) atoms. The van der Waals surface area contributed by atoms with Crippen LogP contribution in [0.5, 0.6) is 0 Å². The molecule has 3 nitrogen and oxygen atoms in total. The highest BCUT2D eigenvalue weighted by Crippen LogP contribution is 2.30. The molecular weight excluding hydrogens is 273 g/mol. The maximum Gasteiger partial charge on any atom is 0.186 e. The zero-order valence-electron chi connectivity index (χ0n) is 7.70. The molecule has 0 saturated heterocycles. The zero-order valence-corrected chi connectivity index (χ0v) is 10.8. The molecule has 0 radical (unpaired) electrons. The third-order valence-corrected chi connectivity index (χ3v) is 4.13. The molecule has 2 heterocycles. The average Bonchev–Trinajstić information content (AvgIpc) is 2.77. The normalized spacial score (nSPS) is 12.7. The molecule has 0 aromatic carbocycles. The maximum absolute atomic E-state index is 5.86. The van der Waals surface area contributed by atoms with Gasteiger partial charge >= 0.3 is 0 Å². The summed E-state index contributed by atoms with van der Waals surface area (Å²) in [5, 5.41) is 3.59. The minimum atomic E-state index is 0.129. The van der Waals surface area contributed by atoms with Gasteiger partial charge < -0.3 is 5.32 Å². The summed E-state index contributed by atoms with van der Waals surface area (Å²) in [4.78, 5) is 1.14. The van der Waals surface area contributed by atoms with E-state index in [1.54, 1.807) is 0 Å². The Bertz CT molecular complexity index is 454. The standard InChI is InChI=1S/C8H7Cl2N3S2/c1-4(5-2-3-6(9)14-5)11-8-7(10)12-15-13-8/h2-4H,1H3,(H,11,13). The number of halogens is 2. The molecule has 1 unspecified atom stereocenters. The fraction of sp³-hybridized carbons (Fsp3) is 0.250. The Morgan fingerprint density at radius 2 is 2.13 bits per heavy atom. The van der Waals surface area contributed by atoms with Gasteiger partial charge in [-0.05, 0) is 19.1 Å². The first-order chi connectivity index (χ1) is 7.16. The van der Waals surface area contributed by atoms with E-state index >= 15 is 0 Å². The lowest BCUT2D eigenvalue weighted by atomic mass is 10.3. The minimum absolute atomic E-state index is 0.129. The summed E-state index contributed by atoms with van der Waals surface area (Å²) in [6.07, 6.45) is 0. The number of nitrogens with zero attached hydrogens (tertiary/aromatic N) is 2. The molecular formula is C8H7Cl2N3S2. The van der Waals surface area contributed by atoms with E-state index in [-0.39, 0.29) is 6.04 Å². The quantitative estimate of drug-likeness (QED) is 0.920. The molecule has 0 fully saturated rings. The van der Waals surface area contributed by atoms with Gasteiger partial charge in [0.05, 0.1) is 22.1 Å². The van der Waals surface area contributed by atoms with Crippen LogP contribution in [0, 0.1) is 0 Å². The molecule has 2 aromatic heterocycles. The molecule has 0 aliphatic rings. The van der Waals surface area contributed by atoms with Crippen molar-refractivity contribution in [1.29, 1.82) is 0 Å². The first-order valence-corrected chi connectivity index (χ1v) is 6.47. The van der Waals surface area contributed by atoms with Gasteiger partial charge in [-0.3, -0.25) is 0 Å². The van der Waals surface area contributed by atoms with Crippen molar-refractivity contribution >= 4 is 52.1 Å². The lowest BCUT2D eigenvalue weighted by molar-refractivity contribution is 0.901. The van der Waals surface area contributed by atoms with Crippen molar-refractivity contribution in [3.63, 3.8) is 0 Å². The molecule has 0 aliphatic carbocycles. The van der Waals surface area contributed by atoms with Gasteiger partial charge in [-0.25, -0.2) is 0 Å². The average molecular weight is 280 g/mol. The Morgan fingerprint density at radius 1 is 1.33 bits per heavy atom. The molecule has 80 valence electrons. The van der Waals surface area contributed by atoms with Crippen LogP contribution in [-0.4, -0.2) is 8.75 Å². The van der Waals surface area contributed by atoms with Crippen molar-refractivity contribution in [3.05, 3.63) is 26.5 Å². The third-order valence-electron chi connectivity index (χ3n) is 1.82. The van der Waals surface area contributed by atoms with Crippen LogP contribution < -0.4 is 5.32 Å². The summed E-state index contributed by atoms with van der Waals surface area (Å²) >= 11 is 14.3. The lowest BCUT2D eigenvalue weighted by Crippen LogP contribution is -2.05. The molecule has 7 heteroatoms. The van der Waals surface area contributed by atoms with Gasteiger partial charge in [0.15, 0.2) is 11.0 Å². The summed E-state index contributed by atoms with van der Waals surface area (Å²) in [5.74, 6) is 0.624. The van der Waals surface area contributed by atoms with Gasteiger partial charge in [0.25, 0.3) is 0 Å². The fourth-order valence-corrected chi connectivity index (χ4v) is 2.82. The number of aromatic nitrogens is 2. The van der Waals surface area contributed by atoms with E-state index in [9.17, 15) is 0 Å². The van der Waals surface area contributed by atoms with E-state index < -0.39 is 0 Å². The Hall–Kier alpha value is -0.360. The predicted molar refractivity (Wildman–Crippen MR) is 66.3 cm³/mol. The third kappa shape index (κ3) is 2.60. The van der Waals surface area contributed by atoms with E-state index in [0.29, 0.717) is 11.0 Å². The molecule has 0 bridgehead atoms. The smallest absolute Gasteiger partial charge is 0.186 e. The second-order valence-electron chi connectivity index (χ2n) is 2.91. The largest absolute Gasteiger partial charge is 0.359 e. The summed E-state index contributed by atoms with van der Waals surface area (Å²) in [7, 11) is 0. The number of rotatable bonds is 3. The van der Waals surface area contributed by atoms with Crippen LogP contribution in [0.3, 0.4) is 0 Å². The lowest BCUT2D eigenvalue weighted by Gasteiger charge is -2.10. The summed E-state index contributed by atoms with van der Waals surface area (Å²) in [6.45, 7) is 2.03. The van der Waals surface area contributed by atoms with Crippen molar-refractivity contribution in [2.24, 2.45) is 0 Å². The zero-order chi connectivity index (χ0) is 10.8. The predicted octanol–water partition coefficient (Wildman–Crippen LogP) is 4.08. The first kappa shape index (κ1) is 11.1. The van der Waals surface area contributed by atoms with Crippen LogP contribution in [0.15, 0.2) is 12.1 Å². The molecule has 0 amide bonds. The number of hydrogen-bond acceptors (Lipinski definition) is 5. The van der Waals surface area contributed by atoms with Crippen LogP contribution >= 0.6 is 46.3 Å². The van der Waals surface area contributed by atoms with Crippen molar-refractivity contribution in [1.82, 2.24) is 8.75 Å². The molecule has 1 N–H and O–H groups in total. The van der Waals surface area contributed by atoms with Crippen molar-refractivity contribution in [2.45, 2.75) is 13.0 Å². The number of thiophene rings is 1. The molecule has 0 spiro atoms. The fourth-order valence-electron chi connectivity index (χ4n) is 1.10. The van der Waals surface area contributed by atoms with E-state index in [1.165, 1.54) is 11.3 Å². The molecule has 1 atom stereocenters. The van der Waals surface area contributed by atoms with Crippen molar-refractivity contribution in [2.75, 3.05) is 5.32 Å². The number of hydrogen-bond donors (Lipinski definition) is 1. The SMILES string of the molecule is CC(Nc1nsnc1Cl)c1ccc(Cl)s1. The van der Waals surface area contributed by atoms with Gasteiger partial charge in [-0.2, -0.15) is 8.75 Å². The molecule has 2 rings (SSSR count). The second-order valence-corrected chi connectivity index (χ2v) is 5.54. The molecule has 0 saturated carbocycles. The second kappa shape index (κ2) is 4.65. The number of nitrogens with one attached hydrogen (secondary N) is 1. The van der Waals surface area contributed by atoms with Gasteiger partial charge in [0, 0.05) is 4.88 Å². The van der Waals surface area contributed by atoms with Crippen LogP contribution in [0.4, 0.5) is 5.82 Å². The first-order valence-electron chi connectivity index (χ1n) is 4.16. The Kier molecular flexibility index (Phi) is 3.45. The maximum atomic E-state index is 5.86. The highest BCUT2D eigenvalue weighted by Gasteiger charge is 2.12. The van der Waals surface area contributed by atoms with Gasteiger partial charge in [0.1, 0.15) is 0 Å². The van der Waals surface area contributed by atoms with Crippen molar-refractivity contribution in [3.8, 4) is 0 Å². The summed E-state index contributed by atoms with van der Waals surface area (Å²) < 4.78 is 8.71. The minimum Gasteiger partial charge on any atom is -0.359 e. The van der Waals surface area contributed by atoms with Gasteiger partial charge in [-0.15, -0.1) is 11.3 Å². The Labute approximate surface area is 105 Å². The topological polar surface area (TPSA) is 37.8 Å². The van der Waals surface area contributed by atoms with E-state index in [0.717, 1.165) is 20.9 Å². The van der Waals surface area contributed by atoms with E-state index in [1.807, 2.05) is 19.1 Å². The van der Waals surface area contributed by atoms with Crippen molar-refractivity contribution < 1.29 is 0 Å². The Balaban J connectivity index is 2.10.